The highest BCUT2D eigenvalue weighted by Gasteiger charge is 2.37. The Morgan fingerprint density at radius 1 is 0.377 bits per heavy atom. The number of fused-ring (bicyclic) bond motifs is 9. The number of anilines is 5. The van der Waals surface area contributed by atoms with Crippen molar-refractivity contribution in [2.75, 3.05) is 9.80 Å². The van der Waals surface area contributed by atoms with Crippen molar-refractivity contribution in [1.82, 2.24) is 0 Å². The second kappa shape index (κ2) is 15.6. The minimum atomic E-state index is -0.145. The van der Waals surface area contributed by atoms with E-state index in [0.717, 1.165) is 38.5 Å². The summed E-state index contributed by atoms with van der Waals surface area (Å²) in [5.74, 6) is 0. The van der Waals surface area contributed by atoms with Gasteiger partial charge in [-0.1, -0.05) is 172 Å². The summed E-state index contributed by atoms with van der Waals surface area (Å²) >= 11 is 0. The van der Waals surface area contributed by atoms with Crippen LogP contribution in [0.2, 0.25) is 0 Å². The van der Waals surface area contributed by atoms with Gasteiger partial charge in [-0.3, -0.25) is 0 Å². The number of benzene rings is 10. The summed E-state index contributed by atoms with van der Waals surface area (Å²) in [6.45, 7) is 4.81. The van der Waals surface area contributed by atoms with Crippen LogP contribution in [-0.4, -0.2) is 0 Å². The molecular formula is C67H52N2. The molecule has 0 saturated heterocycles. The second-order valence-electron chi connectivity index (χ2n) is 20.1. The first kappa shape index (κ1) is 40.2. The lowest BCUT2D eigenvalue weighted by Gasteiger charge is -2.31. The number of hydrogen-bond donors (Lipinski definition) is 0. The van der Waals surface area contributed by atoms with E-state index in [1.54, 1.807) is 5.57 Å². The summed E-state index contributed by atoms with van der Waals surface area (Å²) in [6.07, 6.45) is 11.1. The molecule has 2 heterocycles. The van der Waals surface area contributed by atoms with Crippen molar-refractivity contribution in [3.05, 3.63) is 245 Å². The Morgan fingerprint density at radius 2 is 0.899 bits per heavy atom. The lowest BCUT2D eigenvalue weighted by Crippen LogP contribution is -2.18. The largest absolute Gasteiger partial charge is 0.310 e. The van der Waals surface area contributed by atoms with E-state index in [1.165, 1.54) is 128 Å². The molecule has 69 heavy (non-hydrogen) atoms. The van der Waals surface area contributed by atoms with Crippen LogP contribution in [0.15, 0.2) is 218 Å². The normalized spacial score (nSPS) is 15.6. The van der Waals surface area contributed by atoms with Crippen LogP contribution in [-0.2, 0) is 24.7 Å². The highest BCUT2D eigenvalue weighted by Crippen LogP contribution is 2.56. The number of para-hydroxylation sites is 3. The lowest BCUT2D eigenvalue weighted by atomic mass is 9.80. The Labute approximate surface area is 405 Å². The van der Waals surface area contributed by atoms with Gasteiger partial charge in [0, 0.05) is 39.5 Å². The molecule has 0 saturated carbocycles. The van der Waals surface area contributed by atoms with Crippen LogP contribution >= 0.6 is 0 Å². The third kappa shape index (κ3) is 6.11. The molecule has 0 fully saturated rings. The molecule has 2 nitrogen and oxygen atoms in total. The summed E-state index contributed by atoms with van der Waals surface area (Å²) in [4.78, 5) is 5.12. The first-order chi connectivity index (χ1) is 34.0. The zero-order valence-electron chi connectivity index (χ0n) is 39.3. The minimum Gasteiger partial charge on any atom is -0.310 e. The number of rotatable bonds is 4. The Bertz CT molecular complexity index is 3790. The van der Waals surface area contributed by atoms with Gasteiger partial charge in [-0.15, -0.1) is 0 Å². The Morgan fingerprint density at radius 3 is 1.62 bits per heavy atom. The fraction of sp³-hybridized carbons (Fsp3) is 0.134. The monoisotopic (exact) mass is 884 g/mol. The maximum Gasteiger partial charge on any atom is 0.0493 e. The highest BCUT2D eigenvalue weighted by atomic mass is 15.2. The zero-order valence-corrected chi connectivity index (χ0v) is 39.3. The molecule has 0 N–H and O–H groups in total. The Balaban J connectivity index is 1.15. The van der Waals surface area contributed by atoms with Crippen molar-refractivity contribution in [2.45, 2.75) is 57.8 Å². The van der Waals surface area contributed by atoms with Gasteiger partial charge in [0.1, 0.15) is 0 Å². The van der Waals surface area contributed by atoms with E-state index in [1.807, 2.05) is 0 Å². The number of allylic oxidation sites excluding steroid dienone is 3. The molecule has 330 valence electrons. The van der Waals surface area contributed by atoms with E-state index < -0.39 is 0 Å². The molecule has 14 rings (SSSR count). The average Bonchev–Trinajstić information content (AvgIpc) is 3.50. The number of nitrogens with zero attached hydrogens (tertiary/aromatic N) is 2. The van der Waals surface area contributed by atoms with Crippen molar-refractivity contribution < 1.29 is 0 Å². The van der Waals surface area contributed by atoms with Gasteiger partial charge < -0.3 is 9.80 Å². The molecule has 2 aliphatic heterocycles. The highest BCUT2D eigenvalue weighted by molar-refractivity contribution is 6.25. The molecule has 0 radical (unpaired) electrons. The molecule has 10 aromatic rings. The molecule has 0 unspecified atom stereocenters. The third-order valence-electron chi connectivity index (χ3n) is 16.1. The van der Waals surface area contributed by atoms with Crippen molar-refractivity contribution in [2.24, 2.45) is 0 Å². The number of hydrogen-bond acceptors (Lipinski definition) is 2. The standard InChI is InChI=1S/C67H52N2/c1-67(2)58-27-10-9-24-54(58)66-55(26-16-28-59(66)67)65-53-40-38-48(68-60-29-11-4-18-44(60)33-34-45-19-5-12-30-61(45)68)41-56(53)64(51-25-15-22-43-17-3-8-23-50(43)51)52-39-37-49(42-57(52)65)69-62-31-13-6-20-46(62)35-36-47-21-7-14-32-63(47)69/h3-4,6-18,20-32,37-42H,5,19,33-36H2,1-2H3. The van der Waals surface area contributed by atoms with E-state index >= 15 is 0 Å². The van der Waals surface area contributed by atoms with E-state index in [-0.39, 0.29) is 5.41 Å². The SMILES string of the molecule is CC1(C)c2ccccc2-c2c(-c3c4cc(N5c6ccccc6CCc6ccccc65)ccc4c(-c4cccc5ccccc45)c4cc(N5C6=C(CCC=C6)CCc6ccccc65)ccc34)cccc21. The fourth-order valence-corrected chi connectivity index (χ4v) is 12.8. The molecule has 0 bridgehead atoms. The molecule has 0 aromatic heterocycles. The van der Waals surface area contributed by atoms with E-state index in [4.69, 9.17) is 0 Å². The van der Waals surface area contributed by atoms with Crippen LogP contribution < -0.4 is 9.80 Å². The van der Waals surface area contributed by atoms with Gasteiger partial charge in [-0.2, -0.15) is 0 Å². The predicted octanol–water partition coefficient (Wildman–Crippen LogP) is 18.0. The maximum atomic E-state index is 2.58. The smallest absolute Gasteiger partial charge is 0.0493 e. The minimum absolute atomic E-state index is 0.145. The third-order valence-corrected chi connectivity index (χ3v) is 16.1. The van der Waals surface area contributed by atoms with Crippen LogP contribution in [0.1, 0.15) is 60.9 Å². The van der Waals surface area contributed by atoms with E-state index in [2.05, 4.69) is 230 Å². The van der Waals surface area contributed by atoms with Crippen LogP contribution in [0.25, 0.3) is 65.7 Å². The summed E-state index contributed by atoms with van der Waals surface area (Å²) in [7, 11) is 0. The Kier molecular flexibility index (Phi) is 9.05. The molecule has 0 spiro atoms. The lowest BCUT2D eigenvalue weighted by molar-refractivity contribution is 0.660. The second-order valence-corrected chi connectivity index (χ2v) is 20.1. The average molecular weight is 885 g/mol. The first-order valence-corrected chi connectivity index (χ1v) is 25.0. The maximum absolute atomic E-state index is 2.58. The quantitative estimate of drug-likeness (QED) is 0.163. The summed E-state index contributed by atoms with van der Waals surface area (Å²) in [5, 5.41) is 7.53. The first-order valence-electron chi connectivity index (χ1n) is 25.0. The fourth-order valence-electron chi connectivity index (χ4n) is 12.8. The van der Waals surface area contributed by atoms with Gasteiger partial charge in [-0.05, 0) is 186 Å². The molecule has 0 atom stereocenters. The topological polar surface area (TPSA) is 6.48 Å². The van der Waals surface area contributed by atoms with Crippen LogP contribution in [0.5, 0.6) is 0 Å². The van der Waals surface area contributed by atoms with Gasteiger partial charge in [0.2, 0.25) is 0 Å². The molecule has 2 aliphatic carbocycles. The molecule has 4 aliphatic rings. The van der Waals surface area contributed by atoms with Crippen LogP contribution in [0.3, 0.4) is 0 Å². The summed E-state index contributed by atoms with van der Waals surface area (Å²) in [6, 6.07) is 74.1. The van der Waals surface area contributed by atoms with Crippen molar-refractivity contribution in [1.29, 1.82) is 0 Å². The molecule has 10 aromatic carbocycles. The van der Waals surface area contributed by atoms with Gasteiger partial charge in [-0.25, -0.2) is 0 Å². The summed E-state index contributed by atoms with van der Waals surface area (Å²) in [5.41, 5.74) is 23.6. The predicted molar refractivity (Wildman–Crippen MR) is 292 cm³/mol. The zero-order chi connectivity index (χ0) is 45.8. The summed E-state index contributed by atoms with van der Waals surface area (Å²) < 4.78 is 0. The van der Waals surface area contributed by atoms with Crippen molar-refractivity contribution in [3.8, 4) is 33.4 Å². The van der Waals surface area contributed by atoms with E-state index in [0.29, 0.717) is 0 Å². The number of aryl methyl sites for hydroxylation is 3. The van der Waals surface area contributed by atoms with Crippen molar-refractivity contribution in [3.63, 3.8) is 0 Å². The molecule has 2 heteroatoms. The molecular weight excluding hydrogens is 833 g/mol. The van der Waals surface area contributed by atoms with Crippen LogP contribution in [0.4, 0.5) is 28.4 Å². The van der Waals surface area contributed by atoms with Gasteiger partial charge in [0.05, 0.1) is 0 Å². The van der Waals surface area contributed by atoms with Gasteiger partial charge in [0.25, 0.3) is 0 Å². The van der Waals surface area contributed by atoms with Gasteiger partial charge in [0.15, 0.2) is 0 Å². The van der Waals surface area contributed by atoms with Crippen LogP contribution in [0, 0.1) is 0 Å². The molecule has 0 amide bonds. The van der Waals surface area contributed by atoms with Gasteiger partial charge >= 0.3 is 0 Å². The Hall–Kier alpha value is -7.94. The van der Waals surface area contributed by atoms with Crippen molar-refractivity contribution >= 4 is 60.8 Å². The van der Waals surface area contributed by atoms with E-state index in [9.17, 15) is 0 Å².